The van der Waals surface area contributed by atoms with E-state index in [1.165, 1.54) is 0 Å². The van der Waals surface area contributed by atoms with Crippen LogP contribution < -0.4 is 25.9 Å². The van der Waals surface area contributed by atoms with E-state index >= 15 is 0 Å². The molecule has 0 spiro atoms. The molecule has 5 heteroatoms. The van der Waals surface area contributed by atoms with Gasteiger partial charge in [-0.25, -0.2) is 0 Å². The van der Waals surface area contributed by atoms with Crippen molar-refractivity contribution >= 4 is 77.1 Å². The summed E-state index contributed by atoms with van der Waals surface area (Å²) in [7, 11) is 17.3. The van der Waals surface area contributed by atoms with Crippen LogP contribution in [0.15, 0.2) is 6.07 Å². The zero-order valence-electron chi connectivity index (χ0n) is 5.58. The number of benzene rings is 1. The van der Waals surface area contributed by atoms with E-state index in [0.717, 1.165) is 25.9 Å². The maximum atomic E-state index is 3.47. The molecule has 0 aliphatic heterocycles. The molecule has 0 saturated carbocycles. The quantitative estimate of drug-likeness (QED) is 0.382. The van der Waals surface area contributed by atoms with E-state index in [4.69, 9.17) is 0 Å². The van der Waals surface area contributed by atoms with Crippen molar-refractivity contribution in [3.63, 3.8) is 0 Å². The second kappa shape index (κ2) is 3.36. The van der Waals surface area contributed by atoms with Gasteiger partial charge in [0, 0.05) is 0 Å². The van der Waals surface area contributed by atoms with E-state index in [1.54, 1.807) is 0 Å². The molecular weight excluding hydrogens is 212 g/mol. The van der Waals surface area contributed by atoms with Crippen molar-refractivity contribution in [1.82, 2.24) is 0 Å². The Balaban J connectivity index is 3.46. The molecule has 45 valence electrons. The molecule has 0 fully saturated rings. The second-order valence-corrected chi connectivity index (χ2v) is 4.67. The van der Waals surface area contributed by atoms with Crippen molar-refractivity contribution in [2.75, 3.05) is 0 Å². The molecule has 0 nitrogen and oxygen atoms in total. The molecule has 0 amide bonds. The van der Waals surface area contributed by atoms with Gasteiger partial charge >= 0.3 is 0 Å². The largest absolute Gasteiger partial charge is 0.0709 e. The average molecular weight is 214 g/mol. The maximum absolute atomic E-state index is 3.47. The van der Waals surface area contributed by atoms with Crippen LogP contribution in [-0.4, -0.2) is 51.2 Å². The Hall–Kier alpha value is 0.304. The van der Waals surface area contributed by atoms with Crippen molar-refractivity contribution in [3.8, 4) is 0 Å². The fourth-order valence-electron chi connectivity index (χ4n) is 0.683. The van der Waals surface area contributed by atoms with Gasteiger partial charge in [-0.05, 0) is 0 Å². The van der Waals surface area contributed by atoms with Gasteiger partial charge in [-0.2, -0.15) is 0 Å². The van der Waals surface area contributed by atoms with Crippen LogP contribution in [0.2, 0.25) is 0 Å². The fraction of sp³-hybridized carbons (Fsp3) is 0. The van der Waals surface area contributed by atoms with Gasteiger partial charge in [0.15, 0.2) is 0 Å². The Labute approximate surface area is 83.3 Å². The normalized spacial score (nSPS) is 10.3. The summed E-state index contributed by atoms with van der Waals surface area (Å²) in [6.07, 6.45) is 0. The summed E-state index contributed by atoms with van der Waals surface area (Å²) >= 11 is 0. The smallest absolute Gasteiger partial charge is 0.0707 e. The van der Waals surface area contributed by atoms with Gasteiger partial charge in [-0.3, -0.25) is 0 Å². The van der Waals surface area contributed by atoms with E-state index in [2.05, 4.69) is 51.2 Å². The Morgan fingerprint density at radius 3 is 1.36 bits per heavy atom. The molecule has 15 radical (unpaired) electrons. The van der Waals surface area contributed by atoms with Gasteiger partial charge in [0.05, 0.1) is 51.2 Å². The van der Waals surface area contributed by atoms with E-state index < -0.39 is 0 Å². The number of hydrogen-bond acceptors (Lipinski definition) is 0. The molecule has 0 heterocycles. The van der Waals surface area contributed by atoms with Gasteiger partial charge in [-0.1, -0.05) is 32.0 Å². The van der Waals surface area contributed by atoms with Crippen molar-refractivity contribution in [1.29, 1.82) is 0 Å². The Morgan fingerprint density at radius 2 is 1.00 bits per heavy atom. The Kier molecular flexibility index (Phi) is 2.87. The molecule has 1 aromatic rings. The molecule has 0 saturated heterocycles. The molecule has 0 bridgehead atoms. The lowest BCUT2D eigenvalue weighted by Crippen LogP contribution is -2.53. The lowest BCUT2D eigenvalue weighted by atomic mass is 10.3. The molecule has 0 aliphatic carbocycles. The fourth-order valence-corrected chi connectivity index (χ4v) is 2.40. The highest BCUT2D eigenvalue weighted by Gasteiger charge is 2.02. The predicted octanol–water partition coefficient (Wildman–Crippen LogP) is -4.34. The van der Waals surface area contributed by atoms with Crippen LogP contribution in [0.4, 0.5) is 0 Å². The van der Waals surface area contributed by atoms with E-state index in [-0.39, 0.29) is 0 Å². The lowest BCUT2D eigenvalue weighted by molar-refractivity contribution is 2.05. The third-order valence-corrected chi connectivity index (χ3v) is 4.65. The van der Waals surface area contributed by atoms with E-state index in [0.29, 0.717) is 0 Å². The highest BCUT2D eigenvalue weighted by atomic mass is 28.2. The van der Waals surface area contributed by atoms with Crippen LogP contribution in [0.25, 0.3) is 0 Å². The molecular formula is C6HSi5. The summed E-state index contributed by atoms with van der Waals surface area (Å²) < 4.78 is 0. The van der Waals surface area contributed by atoms with Gasteiger partial charge in [0.1, 0.15) is 0 Å². The highest BCUT2D eigenvalue weighted by Crippen LogP contribution is 1.63. The summed E-state index contributed by atoms with van der Waals surface area (Å²) in [5, 5.41) is 4.96. The van der Waals surface area contributed by atoms with Crippen LogP contribution in [0, 0.1) is 0 Å². The minimum Gasteiger partial charge on any atom is -0.0707 e. The van der Waals surface area contributed by atoms with E-state index in [9.17, 15) is 0 Å². The van der Waals surface area contributed by atoms with Crippen molar-refractivity contribution in [2.45, 2.75) is 0 Å². The minimum absolute atomic E-state index is 0.982. The summed E-state index contributed by atoms with van der Waals surface area (Å²) in [6, 6.07) is 1.96. The standard InChI is InChI=1S/C6HSi5/c7-2-1-3(8)5(10)6(11)4(2)9/h1H. The molecule has 0 aromatic heterocycles. The SMILES string of the molecule is [Si]c1cc([Si])c([Si])c([Si])c1[Si]. The second-order valence-electron chi connectivity index (χ2n) is 2.10. The zero-order valence-corrected chi connectivity index (χ0v) is 10.6. The monoisotopic (exact) mass is 213 g/mol. The maximum Gasteiger partial charge on any atom is 0.0709 e. The topological polar surface area (TPSA) is 0 Å². The first-order chi connectivity index (χ1) is 5.04. The molecule has 0 N–H and O–H groups in total. The molecule has 0 aliphatic rings. The van der Waals surface area contributed by atoms with Gasteiger partial charge in [-0.15, -0.1) is 0 Å². The first kappa shape index (κ1) is 9.39. The molecule has 1 aromatic carbocycles. The van der Waals surface area contributed by atoms with Crippen LogP contribution >= 0.6 is 0 Å². The molecule has 0 unspecified atom stereocenters. The predicted molar refractivity (Wildman–Crippen MR) is 53.4 cm³/mol. The van der Waals surface area contributed by atoms with Crippen LogP contribution in [0.1, 0.15) is 0 Å². The summed E-state index contributed by atoms with van der Waals surface area (Å²) in [4.78, 5) is 0. The number of rotatable bonds is 0. The minimum atomic E-state index is 0.982. The lowest BCUT2D eigenvalue weighted by Gasteiger charge is -2.10. The van der Waals surface area contributed by atoms with Crippen LogP contribution in [0.5, 0.6) is 0 Å². The van der Waals surface area contributed by atoms with Gasteiger partial charge in [0.2, 0.25) is 0 Å². The molecule has 1 rings (SSSR count). The Bertz CT molecular complexity index is 267. The highest BCUT2D eigenvalue weighted by molar-refractivity contribution is 6.66. The van der Waals surface area contributed by atoms with Crippen LogP contribution in [-0.2, 0) is 0 Å². The first-order valence-electron chi connectivity index (χ1n) is 2.83. The third-order valence-electron chi connectivity index (χ3n) is 1.33. The van der Waals surface area contributed by atoms with Crippen molar-refractivity contribution in [3.05, 3.63) is 6.07 Å². The third kappa shape index (κ3) is 1.72. The van der Waals surface area contributed by atoms with Gasteiger partial charge < -0.3 is 0 Å². The summed E-state index contributed by atoms with van der Waals surface area (Å²) in [5.41, 5.74) is 0. The van der Waals surface area contributed by atoms with Crippen molar-refractivity contribution in [2.24, 2.45) is 0 Å². The zero-order chi connectivity index (χ0) is 8.59. The average Bonchev–Trinajstić information content (AvgIpc) is 1.97. The number of hydrogen-bond donors (Lipinski definition) is 0. The van der Waals surface area contributed by atoms with Gasteiger partial charge in [0.25, 0.3) is 0 Å². The molecule has 0 atom stereocenters. The molecule has 11 heavy (non-hydrogen) atoms. The first-order valence-corrected chi connectivity index (χ1v) is 5.33. The van der Waals surface area contributed by atoms with Crippen LogP contribution in [0.3, 0.4) is 0 Å². The van der Waals surface area contributed by atoms with Crippen molar-refractivity contribution < 1.29 is 0 Å². The summed E-state index contributed by atoms with van der Waals surface area (Å²) in [6.45, 7) is 0. The Morgan fingerprint density at radius 1 is 0.636 bits per heavy atom. The van der Waals surface area contributed by atoms with E-state index in [1.807, 2.05) is 6.07 Å². The summed E-state index contributed by atoms with van der Waals surface area (Å²) in [5.74, 6) is 0.